The molecule has 0 saturated heterocycles. The first-order valence-corrected chi connectivity index (χ1v) is 6.84. The van der Waals surface area contributed by atoms with Crippen molar-refractivity contribution in [3.05, 3.63) is 30.3 Å². The third kappa shape index (κ3) is 4.91. The van der Waals surface area contributed by atoms with Gasteiger partial charge in [0.15, 0.2) is 6.10 Å². The van der Waals surface area contributed by atoms with Crippen LogP contribution < -0.4 is 4.74 Å². The van der Waals surface area contributed by atoms with E-state index in [9.17, 15) is 4.79 Å². The Hall–Kier alpha value is -1.55. The van der Waals surface area contributed by atoms with E-state index < -0.39 is 6.10 Å². The molecule has 0 aliphatic rings. The number of hydrogen-bond acceptors (Lipinski definition) is 3. The Kier molecular flexibility index (Phi) is 6.97. The summed E-state index contributed by atoms with van der Waals surface area (Å²) in [5, 5.41) is 9.02. The summed E-state index contributed by atoms with van der Waals surface area (Å²) in [7, 11) is 0. The molecular weight excluding hydrogens is 242 g/mol. The number of aliphatic hydroxyl groups is 1. The molecular formula is C15H23NO3. The highest BCUT2D eigenvalue weighted by molar-refractivity contribution is 5.81. The lowest BCUT2D eigenvalue weighted by Gasteiger charge is -2.26. The number of rotatable bonds is 8. The minimum atomic E-state index is -0.486. The van der Waals surface area contributed by atoms with Crippen LogP contribution in [0, 0.1) is 0 Å². The van der Waals surface area contributed by atoms with E-state index in [1.807, 2.05) is 44.2 Å². The van der Waals surface area contributed by atoms with Crippen molar-refractivity contribution in [2.24, 2.45) is 0 Å². The summed E-state index contributed by atoms with van der Waals surface area (Å²) in [6.45, 7) is 4.92. The van der Waals surface area contributed by atoms with Crippen molar-refractivity contribution in [1.29, 1.82) is 0 Å². The summed E-state index contributed by atoms with van der Waals surface area (Å²) in [4.78, 5) is 14.0. The van der Waals surface area contributed by atoms with Crippen molar-refractivity contribution in [2.75, 3.05) is 19.7 Å². The molecule has 0 fully saturated rings. The molecule has 0 spiro atoms. The van der Waals surface area contributed by atoms with Gasteiger partial charge >= 0.3 is 0 Å². The Morgan fingerprint density at radius 2 is 1.95 bits per heavy atom. The fraction of sp³-hybridized carbons (Fsp3) is 0.533. The number of carbonyl (C=O) groups excluding carboxylic acids is 1. The maximum atomic E-state index is 12.3. The number of hydrogen-bond donors (Lipinski definition) is 1. The summed E-state index contributed by atoms with van der Waals surface area (Å²) < 4.78 is 5.73. The molecule has 1 N–H and O–H groups in total. The predicted octanol–water partition coefficient (Wildman–Crippen LogP) is 2.07. The van der Waals surface area contributed by atoms with Crippen LogP contribution in [-0.4, -0.2) is 41.7 Å². The summed E-state index contributed by atoms with van der Waals surface area (Å²) >= 11 is 0. The van der Waals surface area contributed by atoms with Crippen molar-refractivity contribution in [1.82, 2.24) is 4.90 Å². The second-order valence-corrected chi connectivity index (χ2v) is 4.38. The first-order chi connectivity index (χ1) is 9.22. The molecule has 4 nitrogen and oxygen atoms in total. The maximum Gasteiger partial charge on any atom is 0.263 e. The van der Waals surface area contributed by atoms with Gasteiger partial charge in [0.2, 0.25) is 0 Å². The van der Waals surface area contributed by atoms with E-state index in [-0.39, 0.29) is 12.5 Å². The number of carbonyl (C=O) groups is 1. The van der Waals surface area contributed by atoms with Gasteiger partial charge in [-0.25, -0.2) is 0 Å². The number of ether oxygens (including phenoxy) is 1. The van der Waals surface area contributed by atoms with Crippen LogP contribution in [-0.2, 0) is 4.79 Å². The molecule has 0 bridgehead atoms. The van der Waals surface area contributed by atoms with Crippen molar-refractivity contribution in [3.8, 4) is 5.75 Å². The molecule has 1 aromatic rings. The average molecular weight is 265 g/mol. The van der Waals surface area contributed by atoms with Crippen LogP contribution in [0.1, 0.15) is 26.7 Å². The largest absolute Gasteiger partial charge is 0.481 e. The third-order valence-corrected chi connectivity index (χ3v) is 2.84. The Balaban J connectivity index is 2.69. The maximum absolute atomic E-state index is 12.3. The molecule has 0 aliphatic carbocycles. The molecule has 0 aliphatic heterocycles. The van der Waals surface area contributed by atoms with Gasteiger partial charge in [0.05, 0.1) is 6.61 Å². The van der Waals surface area contributed by atoms with Crippen molar-refractivity contribution >= 4 is 5.91 Å². The van der Waals surface area contributed by atoms with E-state index in [2.05, 4.69) is 0 Å². The van der Waals surface area contributed by atoms with Crippen LogP contribution in [0.4, 0.5) is 0 Å². The molecule has 106 valence electrons. The number of para-hydroxylation sites is 1. The van der Waals surface area contributed by atoms with Crippen molar-refractivity contribution in [3.63, 3.8) is 0 Å². The zero-order valence-corrected chi connectivity index (χ0v) is 11.7. The normalized spacial score (nSPS) is 11.9. The van der Waals surface area contributed by atoms with Gasteiger partial charge in [-0.2, -0.15) is 0 Å². The summed E-state index contributed by atoms with van der Waals surface area (Å²) in [6.07, 6.45) is 0.993. The Morgan fingerprint density at radius 1 is 1.26 bits per heavy atom. The number of amides is 1. The first-order valence-electron chi connectivity index (χ1n) is 6.84. The molecule has 19 heavy (non-hydrogen) atoms. The van der Waals surface area contributed by atoms with Gasteiger partial charge in [-0.3, -0.25) is 4.79 Å². The van der Waals surface area contributed by atoms with Crippen molar-refractivity contribution in [2.45, 2.75) is 32.8 Å². The van der Waals surface area contributed by atoms with Gasteiger partial charge in [0.1, 0.15) is 5.75 Å². The SMILES string of the molecule is CCCN(CCO)C(=O)C(CC)Oc1ccccc1. The van der Waals surface area contributed by atoms with E-state index in [1.165, 1.54) is 0 Å². The molecule has 0 aromatic heterocycles. The molecule has 4 heteroatoms. The van der Waals surface area contributed by atoms with Crippen LogP contribution in [0.3, 0.4) is 0 Å². The standard InChI is InChI=1S/C15H23NO3/c1-3-10-16(11-12-17)15(18)14(4-2)19-13-8-6-5-7-9-13/h5-9,14,17H,3-4,10-12H2,1-2H3. The van der Waals surface area contributed by atoms with Crippen LogP contribution >= 0.6 is 0 Å². The van der Waals surface area contributed by atoms with Crippen molar-refractivity contribution < 1.29 is 14.6 Å². The van der Waals surface area contributed by atoms with Gasteiger partial charge in [-0.15, -0.1) is 0 Å². The Labute approximate surface area is 115 Å². The van der Waals surface area contributed by atoms with Gasteiger partial charge in [-0.1, -0.05) is 32.0 Å². The Morgan fingerprint density at radius 3 is 2.47 bits per heavy atom. The lowest BCUT2D eigenvalue weighted by molar-refractivity contribution is -0.139. The zero-order chi connectivity index (χ0) is 14.1. The molecule has 1 aromatic carbocycles. The highest BCUT2D eigenvalue weighted by Crippen LogP contribution is 2.14. The van der Waals surface area contributed by atoms with Gasteiger partial charge in [0.25, 0.3) is 5.91 Å². The van der Waals surface area contributed by atoms with Crippen LogP contribution in [0.2, 0.25) is 0 Å². The third-order valence-electron chi connectivity index (χ3n) is 2.84. The van der Waals surface area contributed by atoms with E-state index in [0.29, 0.717) is 25.3 Å². The lowest BCUT2D eigenvalue weighted by atomic mass is 10.2. The minimum Gasteiger partial charge on any atom is -0.481 e. The van der Waals surface area contributed by atoms with Crippen LogP contribution in [0.5, 0.6) is 5.75 Å². The number of nitrogens with zero attached hydrogens (tertiary/aromatic N) is 1. The second kappa shape index (κ2) is 8.53. The van der Waals surface area contributed by atoms with E-state index >= 15 is 0 Å². The predicted molar refractivity (Wildman–Crippen MR) is 75.1 cm³/mol. The smallest absolute Gasteiger partial charge is 0.263 e. The fourth-order valence-corrected chi connectivity index (χ4v) is 1.90. The first kappa shape index (κ1) is 15.5. The summed E-state index contributed by atoms with van der Waals surface area (Å²) in [5.74, 6) is 0.644. The molecule has 0 saturated carbocycles. The zero-order valence-electron chi connectivity index (χ0n) is 11.7. The summed E-state index contributed by atoms with van der Waals surface area (Å²) in [6, 6.07) is 9.34. The Bertz CT molecular complexity index is 361. The average Bonchev–Trinajstić information content (AvgIpc) is 2.45. The van der Waals surface area contributed by atoms with Gasteiger partial charge < -0.3 is 14.7 Å². The van der Waals surface area contributed by atoms with E-state index in [4.69, 9.17) is 9.84 Å². The molecule has 0 radical (unpaired) electrons. The van der Waals surface area contributed by atoms with E-state index in [0.717, 1.165) is 6.42 Å². The topological polar surface area (TPSA) is 49.8 Å². The van der Waals surface area contributed by atoms with Gasteiger partial charge in [-0.05, 0) is 25.0 Å². The minimum absolute atomic E-state index is 0.0203. The fourth-order valence-electron chi connectivity index (χ4n) is 1.90. The highest BCUT2D eigenvalue weighted by atomic mass is 16.5. The molecule has 1 rings (SSSR count). The quantitative estimate of drug-likeness (QED) is 0.783. The highest BCUT2D eigenvalue weighted by Gasteiger charge is 2.23. The molecule has 1 amide bonds. The lowest BCUT2D eigenvalue weighted by Crippen LogP contribution is -2.43. The second-order valence-electron chi connectivity index (χ2n) is 4.38. The van der Waals surface area contributed by atoms with Gasteiger partial charge in [0, 0.05) is 13.1 Å². The van der Waals surface area contributed by atoms with Crippen LogP contribution in [0.25, 0.3) is 0 Å². The number of benzene rings is 1. The summed E-state index contributed by atoms with van der Waals surface area (Å²) in [5.41, 5.74) is 0. The van der Waals surface area contributed by atoms with Crippen LogP contribution in [0.15, 0.2) is 30.3 Å². The number of aliphatic hydroxyl groups excluding tert-OH is 1. The molecule has 0 heterocycles. The van der Waals surface area contributed by atoms with E-state index in [1.54, 1.807) is 4.90 Å². The molecule has 1 unspecified atom stereocenters. The molecule has 1 atom stereocenters. The monoisotopic (exact) mass is 265 g/mol.